The first-order valence-corrected chi connectivity index (χ1v) is 9.99. The van der Waals surface area contributed by atoms with Crippen molar-refractivity contribution in [1.29, 1.82) is 0 Å². The molecule has 0 spiro atoms. The number of nitrogens with zero attached hydrogens (tertiary/aromatic N) is 1. The van der Waals surface area contributed by atoms with Crippen LogP contribution in [0.1, 0.15) is 12.5 Å². The number of benzene rings is 2. The molecule has 142 valence electrons. The van der Waals surface area contributed by atoms with E-state index in [9.17, 15) is 9.18 Å². The van der Waals surface area contributed by atoms with Crippen molar-refractivity contribution in [2.24, 2.45) is 0 Å². The van der Waals surface area contributed by atoms with Crippen molar-refractivity contribution < 1.29 is 9.18 Å². The Bertz CT molecular complexity index is 1120. The maximum atomic E-state index is 13.3. The summed E-state index contributed by atoms with van der Waals surface area (Å²) in [5.74, 6) is -0.385. The molecular formula is C22H20FN3OS. The summed E-state index contributed by atoms with van der Waals surface area (Å²) in [6.07, 6.45) is 0. The maximum Gasteiger partial charge on any atom is 0.319 e. The molecule has 0 fully saturated rings. The highest BCUT2D eigenvalue weighted by atomic mass is 32.1. The molecule has 2 aromatic carbocycles. The summed E-state index contributed by atoms with van der Waals surface area (Å²) < 4.78 is 15.6. The molecule has 0 aliphatic rings. The second kappa shape index (κ2) is 7.86. The lowest BCUT2D eigenvalue weighted by Gasteiger charge is -2.11. The van der Waals surface area contributed by atoms with Gasteiger partial charge in [-0.3, -0.25) is 0 Å². The molecule has 4 aromatic rings. The molecule has 0 aliphatic carbocycles. The fourth-order valence-corrected chi connectivity index (χ4v) is 4.29. The summed E-state index contributed by atoms with van der Waals surface area (Å²) in [5, 5.41) is 8.78. The van der Waals surface area contributed by atoms with Gasteiger partial charge in [-0.2, -0.15) is 0 Å². The van der Waals surface area contributed by atoms with Crippen LogP contribution < -0.4 is 10.6 Å². The number of aryl methyl sites for hydroxylation is 1. The second-order valence-electron chi connectivity index (χ2n) is 6.38. The van der Waals surface area contributed by atoms with Gasteiger partial charge in [0.15, 0.2) is 0 Å². The average molecular weight is 393 g/mol. The molecule has 28 heavy (non-hydrogen) atoms. The molecule has 2 N–H and O–H groups in total. The highest BCUT2D eigenvalue weighted by Gasteiger charge is 2.18. The second-order valence-corrected chi connectivity index (χ2v) is 7.33. The molecule has 0 atom stereocenters. The third kappa shape index (κ3) is 3.51. The molecular weight excluding hydrogens is 373 g/mol. The Balaban J connectivity index is 1.64. The van der Waals surface area contributed by atoms with E-state index in [1.54, 1.807) is 23.5 Å². The van der Waals surface area contributed by atoms with E-state index in [0.29, 0.717) is 12.2 Å². The molecule has 0 saturated heterocycles. The summed E-state index contributed by atoms with van der Waals surface area (Å²) in [6.45, 7) is 3.34. The molecule has 2 amide bonds. The van der Waals surface area contributed by atoms with Gasteiger partial charge in [0.1, 0.15) is 5.82 Å². The Morgan fingerprint density at radius 2 is 1.96 bits per heavy atom. The number of hydrogen-bond acceptors (Lipinski definition) is 2. The Hall–Kier alpha value is -3.12. The molecule has 6 heteroatoms. The van der Waals surface area contributed by atoms with Gasteiger partial charge in [-0.15, -0.1) is 11.3 Å². The van der Waals surface area contributed by atoms with Gasteiger partial charge in [0, 0.05) is 35.2 Å². The normalized spacial score (nSPS) is 10.9. The van der Waals surface area contributed by atoms with Crippen LogP contribution in [0, 0.1) is 5.82 Å². The zero-order chi connectivity index (χ0) is 19.5. The minimum Gasteiger partial charge on any atom is -0.340 e. The monoisotopic (exact) mass is 393 g/mol. The average Bonchev–Trinajstić information content (AvgIpc) is 3.32. The smallest absolute Gasteiger partial charge is 0.319 e. The van der Waals surface area contributed by atoms with Crippen molar-refractivity contribution in [2.45, 2.75) is 20.0 Å². The van der Waals surface area contributed by atoms with E-state index in [-0.39, 0.29) is 11.8 Å². The predicted molar refractivity (Wildman–Crippen MR) is 113 cm³/mol. The third-order valence-electron chi connectivity index (χ3n) is 4.65. The molecule has 2 aromatic heterocycles. The van der Waals surface area contributed by atoms with Gasteiger partial charge in [0.25, 0.3) is 0 Å². The molecule has 0 unspecified atom stereocenters. The molecule has 4 nitrogen and oxygen atoms in total. The number of nitrogens with one attached hydrogen (secondary N) is 2. The van der Waals surface area contributed by atoms with Crippen molar-refractivity contribution in [3.8, 4) is 10.6 Å². The number of thiophene rings is 1. The van der Waals surface area contributed by atoms with Crippen molar-refractivity contribution in [2.75, 3.05) is 5.32 Å². The van der Waals surface area contributed by atoms with Crippen molar-refractivity contribution >= 4 is 34.0 Å². The minimum absolute atomic E-state index is 0.365. The summed E-state index contributed by atoms with van der Waals surface area (Å²) in [4.78, 5) is 13.5. The number of hydrogen-bond donors (Lipinski definition) is 2. The number of fused-ring (bicyclic) bond motifs is 1. The van der Waals surface area contributed by atoms with Crippen LogP contribution in [0.5, 0.6) is 0 Å². The van der Waals surface area contributed by atoms with Gasteiger partial charge in [-0.25, -0.2) is 9.18 Å². The first kappa shape index (κ1) is 18.3. The number of halogens is 1. The highest BCUT2D eigenvalue weighted by molar-refractivity contribution is 7.13. The van der Waals surface area contributed by atoms with Crippen LogP contribution in [-0.4, -0.2) is 10.6 Å². The van der Waals surface area contributed by atoms with Crippen molar-refractivity contribution in [3.63, 3.8) is 0 Å². The lowest BCUT2D eigenvalue weighted by atomic mass is 10.1. The van der Waals surface area contributed by atoms with Crippen molar-refractivity contribution in [1.82, 2.24) is 9.88 Å². The van der Waals surface area contributed by atoms with Gasteiger partial charge in [0.05, 0.1) is 10.6 Å². The number of carbonyl (C=O) groups excluding carboxylic acids is 1. The minimum atomic E-state index is -0.385. The molecule has 2 heterocycles. The Morgan fingerprint density at radius 1 is 1.11 bits per heavy atom. The Labute approximate surface area is 166 Å². The van der Waals surface area contributed by atoms with Gasteiger partial charge >= 0.3 is 6.03 Å². The first-order chi connectivity index (χ1) is 13.7. The fraction of sp³-hybridized carbons (Fsp3) is 0.136. The zero-order valence-corrected chi connectivity index (χ0v) is 16.2. The summed E-state index contributed by atoms with van der Waals surface area (Å²) in [5.41, 5.74) is 3.78. The molecule has 0 radical (unpaired) electrons. The van der Waals surface area contributed by atoms with E-state index in [1.807, 2.05) is 18.2 Å². The number of para-hydroxylation sites is 1. The van der Waals surface area contributed by atoms with Crippen LogP contribution in [0.4, 0.5) is 14.9 Å². The fourth-order valence-electron chi connectivity index (χ4n) is 3.49. The topological polar surface area (TPSA) is 46.1 Å². The molecule has 0 bridgehead atoms. The van der Waals surface area contributed by atoms with Crippen molar-refractivity contribution in [3.05, 3.63) is 77.4 Å². The number of rotatable bonds is 5. The SMILES string of the molecule is CCn1c(-c2cccs2)c(CNC(=O)Nc2cccc(F)c2)c2ccccc21. The number of aromatic nitrogens is 1. The largest absolute Gasteiger partial charge is 0.340 e. The Kier molecular flexibility index (Phi) is 5.12. The quantitative estimate of drug-likeness (QED) is 0.439. The van der Waals surface area contributed by atoms with Gasteiger partial charge in [-0.1, -0.05) is 30.3 Å². The van der Waals surface area contributed by atoms with Crippen LogP contribution in [0.2, 0.25) is 0 Å². The molecule has 0 aliphatic heterocycles. The van der Waals surface area contributed by atoms with E-state index in [4.69, 9.17) is 0 Å². The third-order valence-corrected chi connectivity index (χ3v) is 5.53. The van der Waals surface area contributed by atoms with Crippen LogP contribution in [0.25, 0.3) is 21.5 Å². The van der Waals surface area contributed by atoms with Crippen LogP contribution >= 0.6 is 11.3 Å². The van der Waals surface area contributed by atoms with Gasteiger partial charge in [0.2, 0.25) is 0 Å². The van der Waals surface area contributed by atoms with E-state index in [2.05, 4.69) is 45.7 Å². The predicted octanol–water partition coefficient (Wildman–Crippen LogP) is 5.85. The molecule has 0 saturated carbocycles. The number of urea groups is 1. The number of amides is 2. The molecule has 4 rings (SSSR count). The van der Waals surface area contributed by atoms with E-state index in [1.165, 1.54) is 17.0 Å². The summed E-state index contributed by atoms with van der Waals surface area (Å²) >= 11 is 1.68. The van der Waals surface area contributed by atoms with Crippen LogP contribution in [0.15, 0.2) is 66.0 Å². The van der Waals surface area contributed by atoms with Gasteiger partial charge < -0.3 is 15.2 Å². The summed E-state index contributed by atoms with van der Waals surface area (Å²) in [6, 6.07) is 17.8. The van der Waals surface area contributed by atoms with Crippen LogP contribution in [-0.2, 0) is 13.1 Å². The van der Waals surface area contributed by atoms with Crippen LogP contribution in [0.3, 0.4) is 0 Å². The lowest BCUT2D eigenvalue weighted by molar-refractivity contribution is 0.252. The number of carbonyl (C=O) groups is 1. The standard InChI is InChI=1S/C22H20FN3OS/c1-2-26-19-10-4-3-9-17(19)18(21(26)20-11-6-12-28-20)14-24-22(27)25-16-8-5-7-15(23)13-16/h3-13H,2,14H2,1H3,(H2,24,25,27). The van der Waals surface area contributed by atoms with E-state index < -0.39 is 0 Å². The first-order valence-electron chi connectivity index (χ1n) is 9.11. The number of anilines is 1. The lowest BCUT2D eigenvalue weighted by Crippen LogP contribution is -2.28. The Morgan fingerprint density at radius 3 is 2.71 bits per heavy atom. The van der Waals surface area contributed by atoms with E-state index in [0.717, 1.165) is 28.7 Å². The maximum absolute atomic E-state index is 13.3. The highest BCUT2D eigenvalue weighted by Crippen LogP contribution is 2.36. The van der Waals surface area contributed by atoms with E-state index >= 15 is 0 Å². The summed E-state index contributed by atoms with van der Waals surface area (Å²) in [7, 11) is 0. The zero-order valence-electron chi connectivity index (χ0n) is 15.4. The van der Waals surface area contributed by atoms with Gasteiger partial charge in [-0.05, 0) is 42.6 Å².